The molecule has 3 aromatic rings. The van der Waals surface area contributed by atoms with Crippen LogP contribution in [-0.4, -0.2) is 27.0 Å². The SMILES string of the molecule is CCC(Oc1cc(C)cc(C)c1)C(=O)Nc1ccc(-n2nncc2C)cc1. The van der Waals surface area contributed by atoms with E-state index in [1.807, 2.05) is 64.1 Å². The van der Waals surface area contributed by atoms with Crippen molar-refractivity contribution in [2.24, 2.45) is 0 Å². The van der Waals surface area contributed by atoms with Crippen molar-refractivity contribution in [2.45, 2.75) is 40.2 Å². The van der Waals surface area contributed by atoms with Crippen LogP contribution in [0.4, 0.5) is 5.69 Å². The minimum absolute atomic E-state index is 0.165. The molecule has 0 radical (unpaired) electrons. The maximum atomic E-state index is 12.6. The smallest absolute Gasteiger partial charge is 0.265 e. The van der Waals surface area contributed by atoms with E-state index in [1.54, 1.807) is 10.9 Å². The molecule has 0 bridgehead atoms. The van der Waals surface area contributed by atoms with E-state index in [1.165, 1.54) is 0 Å². The van der Waals surface area contributed by atoms with Gasteiger partial charge in [0.1, 0.15) is 5.75 Å². The molecule has 0 aliphatic heterocycles. The average molecular weight is 364 g/mol. The summed E-state index contributed by atoms with van der Waals surface area (Å²) in [4.78, 5) is 12.6. The molecule has 1 N–H and O–H groups in total. The number of anilines is 1. The number of carbonyl (C=O) groups is 1. The summed E-state index contributed by atoms with van der Waals surface area (Å²) in [6.45, 7) is 7.90. The molecule has 6 heteroatoms. The number of ether oxygens (including phenoxy) is 1. The number of hydrogen-bond acceptors (Lipinski definition) is 4. The first kappa shape index (κ1) is 18.6. The minimum Gasteiger partial charge on any atom is -0.481 e. The summed E-state index contributed by atoms with van der Waals surface area (Å²) in [7, 11) is 0. The van der Waals surface area contributed by atoms with Crippen LogP contribution in [0.25, 0.3) is 5.69 Å². The second kappa shape index (κ2) is 8.03. The maximum absolute atomic E-state index is 12.6. The first-order chi connectivity index (χ1) is 13.0. The van der Waals surface area contributed by atoms with Crippen LogP contribution in [0.1, 0.15) is 30.2 Å². The number of rotatable bonds is 6. The zero-order valence-corrected chi connectivity index (χ0v) is 16.1. The molecule has 27 heavy (non-hydrogen) atoms. The molecule has 0 aliphatic carbocycles. The summed E-state index contributed by atoms with van der Waals surface area (Å²) in [6, 6.07) is 13.4. The van der Waals surface area contributed by atoms with Crippen molar-refractivity contribution in [3.63, 3.8) is 0 Å². The molecule has 1 amide bonds. The lowest BCUT2D eigenvalue weighted by Crippen LogP contribution is -2.32. The van der Waals surface area contributed by atoms with Gasteiger partial charge in [-0.25, -0.2) is 4.68 Å². The van der Waals surface area contributed by atoms with Crippen LogP contribution in [0.2, 0.25) is 0 Å². The Hall–Kier alpha value is -3.15. The van der Waals surface area contributed by atoms with E-state index in [9.17, 15) is 4.79 Å². The number of nitrogens with one attached hydrogen (secondary N) is 1. The highest BCUT2D eigenvalue weighted by molar-refractivity contribution is 5.94. The Morgan fingerprint density at radius 2 is 1.78 bits per heavy atom. The number of nitrogens with zero attached hydrogens (tertiary/aromatic N) is 3. The van der Waals surface area contributed by atoms with Gasteiger partial charge in [0.05, 0.1) is 17.6 Å². The first-order valence-corrected chi connectivity index (χ1v) is 9.00. The Morgan fingerprint density at radius 3 is 2.33 bits per heavy atom. The molecule has 3 rings (SSSR count). The molecule has 0 fully saturated rings. The van der Waals surface area contributed by atoms with Crippen LogP contribution >= 0.6 is 0 Å². The quantitative estimate of drug-likeness (QED) is 0.718. The van der Waals surface area contributed by atoms with Crippen molar-refractivity contribution in [2.75, 3.05) is 5.32 Å². The zero-order valence-electron chi connectivity index (χ0n) is 16.1. The molecule has 0 saturated heterocycles. The predicted molar refractivity (Wildman–Crippen MR) is 105 cm³/mol. The summed E-state index contributed by atoms with van der Waals surface area (Å²) in [6.07, 6.45) is 1.73. The van der Waals surface area contributed by atoms with Gasteiger partial charge in [-0.1, -0.05) is 18.2 Å². The van der Waals surface area contributed by atoms with E-state index in [-0.39, 0.29) is 5.91 Å². The number of hydrogen-bond donors (Lipinski definition) is 1. The van der Waals surface area contributed by atoms with E-state index in [2.05, 4.69) is 21.7 Å². The topological polar surface area (TPSA) is 69.0 Å². The van der Waals surface area contributed by atoms with Crippen molar-refractivity contribution in [1.29, 1.82) is 0 Å². The van der Waals surface area contributed by atoms with E-state index in [4.69, 9.17) is 4.74 Å². The second-order valence-corrected chi connectivity index (χ2v) is 6.66. The number of aromatic nitrogens is 3. The molecule has 1 atom stereocenters. The highest BCUT2D eigenvalue weighted by Gasteiger charge is 2.19. The normalized spacial score (nSPS) is 11.9. The molecule has 0 aliphatic rings. The summed E-state index contributed by atoms with van der Waals surface area (Å²) < 4.78 is 7.66. The highest BCUT2D eigenvalue weighted by atomic mass is 16.5. The van der Waals surface area contributed by atoms with Crippen LogP contribution in [0, 0.1) is 20.8 Å². The number of benzene rings is 2. The van der Waals surface area contributed by atoms with E-state index >= 15 is 0 Å². The minimum atomic E-state index is -0.552. The van der Waals surface area contributed by atoms with Gasteiger partial charge >= 0.3 is 0 Å². The van der Waals surface area contributed by atoms with Gasteiger partial charge in [0, 0.05) is 5.69 Å². The Labute approximate surface area is 159 Å². The first-order valence-electron chi connectivity index (χ1n) is 9.00. The van der Waals surface area contributed by atoms with Crippen LogP contribution in [0.5, 0.6) is 5.75 Å². The van der Waals surface area contributed by atoms with Gasteiger partial charge in [-0.2, -0.15) is 0 Å². The molecule has 1 aromatic heterocycles. The highest BCUT2D eigenvalue weighted by Crippen LogP contribution is 2.20. The van der Waals surface area contributed by atoms with Crippen molar-refractivity contribution in [3.8, 4) is 11.4 Å². The third kappa shape index (κ3) is 4.53. The predicted octanol–water partition coefficient (Wildman–Crippen LogP) is 3.99. The zero-order chi connectivity index (χ0) is 19.4. The standard InChI is InChI=1S/C21H24N4O2/c1-5-20(27-19-11-14(2)10-15(3)12-19)21(26)23-17-6-8-18(9-7-17)25-16(4)13-22-24-25/h6-13,20H,5H2,1-4H3,(H,23,26). The Balaban J connectivity index is 1.68. The van der Waals surface area contributed by atoms with Gasteiger partial charge < -0.3 is 10.1 Å². The molecule has 6 nitrogen and oxygen atoms in total. The van der Waals surface area contributed by atoms with Gasteiger partial charge in [0.2, 0.25) is 0 Å². The molecular weight excluding hydrogens is 340 g/mol. The van der Waals surface area contributed by atoms with E-state index < -0.39 is 6.10 Å². The number of amides is 1. The lowest BCUT2D eigenvalue weighted by atomic mass is 10.1. The average Bonchev–Trinajstić information content (AvgIpc) is 3.05. The second-order valence-electron chi connectivity index (χ2n) is 6.66. The van der Waals surface area contributed by atoms with Gasteiger partial charge in [-0.15, -0.1) is 5.10 Å². The third-order valence-electron chi connectivity index (χ3n) is 4.24. The van der Waals surface area contributed by atoms with Gasteiger partial charge in [-0.3, -0.25) is 4.79 Å². The number of aryl methyl sites for hydroxylation is 3. The molecular formula is C21H24N4O2. The fraction of sp³-hybridized carbons (Fsp3) is 0.286. The monoisotopic (exact) mass is 364 g/mol. The fourth-order valence-electron chi connectivity index (χ4n) is 2.94. The summed E-state index contributed by atoms with van der Waals surface area (Å²) in [5.41, 5.74) is 4.77. The van der Waals surface area contributed by atoms with Crippen molar-refractivity contribution in [1.82, 2.24) is 15.0 Å². The molecule has 0 saturated carbocycles. The lowest BCUT2D eigenvalue weighted by molar-refractivity contribution is -0.122. The maximum Gasteiger partial charge on any atom is 0.265 e. The third-order valence-corrected chi connectivity index (χ3v) is 4.24. The molecule has 1 heterocycles. The van der Waals surface area contributed by atoms with E-state index in [0.717, 1.165) is 22.5 Å². The Bertz CT molecular complexity index is 911. The van der Waals surface area contributed by atoms with Crippen LogP contribution in [0.15, 0.2) is 48.7 Å². The summed E-state index contributed by atoms with van der Waals surface area (Å²) in [5.74, 6) is 0.549. The van der Waals surface area contributed by atoms with Crippen LogP contribution < -0.4 is 10.1 Å². The van der Waals surface area contributed by atoms with Crippen molar-refractivity contribution in [3.05, 3.63) is 65.5 Å². The van der Waals surface area contributed by atoms with Gasteiger partial charge in [0.25, 0.3) is 5.91 Å². The summed E-state index contributed by atoms with van der Waals surface area (Å²) >= 11 is 0. The largest absolute Gasteiger partial charge is 0.481 e. The molecule has 2 aromatic carbocycles. The Kier molecular flexibility index (Phi) is 5.54. The molecule has 140 valence electrons. The Morgan fingerprint density at radius 1 is 1.11 bits per heavy atom. The van der Waals surface area contributed by atoms with Crippen LogP contribution in [0.3, 0.4) is 0 Å². The molecule has 1 unspecified atom stereocenters. The summed E-state index contributed by atoms with van der Waals surface area (Å²) in [5, 5.41) is 10.8. The lowest BCUT2D eigenvalue weighted by Gasteiger charge is -2.18. The fourth-order valence-corrected chi connectivity index (χ4v) is 2.94. The molecule has 0 spiro atoms. The van der Waals surface area contributed by atoms with Crippen molar-refractivity contribution < 1.29 is 9.53 Å². The number of carbonyl (C=O) groups excluding carboxylic acids is 1. The van der Waals surface area contributed by atoms with Crippen LogP contribution in [-0.2, 0) is 4.79 Å². The van der Waals surface area contributed by atoms with Gasteiger partial charge in [0.15, 0.2) is 6.10 Å². The van der Waals surface area contributed by atoms with E-state index in [0.29, 0.717) is 17.9 Å². The van der Waals surface area contributed by atoms with Gasteiger partial charge in [-0.05, 0) is 74.7 Å². The van der Waals surface area contributed by atoms with Crippen molar-refractivity contribution >= 4 is 11.6 Å².